The van der Waals surface area contributed by atoms with Gasteiger partial charge in [0.15, 0.2) is 11.5 Å². The van der Waals surface area contributed by atoms with Crippen LogP contribution in [0, 0.1) is 13.8 Å². The molecule has 0 aliphatic rings. The number of ether oxygens (including phenoxy) is 3. The smallest absolute Gasteiger partial charge is 0.244 e. The molecule has 150 valence electrons. The summed E-state index contributed by atoms with van der Waals surface area (Å²) in [4.78, 5) is 26.1. The van der Waals surface area contributed by atoms with E-state index in [9.17, 15) is 9.59 Å². The fourth-order valence-corrected chi connectivity index (χ4v) is 2.78. The Labute approximate surface area is 165 Å². The van der Waals surface area contributed by atoms with E-state index in [0.717, 1.165) is 11.1 Å². The molecule has 1 N–H and O–H groups in total. The summed E-state index contributed by atoms with van der Waals surface area (Å²) < 4.78 is 15.9. The van der Waals surface area contributed by atoms with E-state index in [-0.39, 0.29) is 18.4 Å². The third kappa shape index (κ3) is 4.73. The Bertz CT molecular complexity index is 854. The van der Waals surface area contributed by atoms with Crippen molar-refractivity contribution in [2.75, 3.05) is 38.1 Å². The van der Waals surface area contributed by atoms with Crippen molar-refractivity contribution in [3.63, 3.8) is 0 Å². The van der Waals surface area contributed by atoms with Gasteiger partial charge in [0.05, 0.1) is 21.3 Å². The molecule has 7 nitrogen and oxygen atoms in total. The molecule has 0 aromatic heterocycles. The van der Waals surface area contributed by atoms with Gasteiger partial charge in [0.25, 0.3) is 0 Å². The number of nitrogens with one attached hydrogen (secondary N) is 1. The lowest BCUT2D eigenvalue weighted by molar-refractivity contribution is -0.120. The molecule has 0 radical (unpaired) electrons. The Morgan fingerprint density at radius 1 is 0.929 bits per heavy atom. The standard InChI is InChI=1S/C21H26N2O5/c1-13-7-8-17(9-14(13)2)23(15(3)24)12-20(25)22-16-10-18(26-4)21(28-6)19(11-16)27-5/h7-11H,12H2,1-6H3,(H,22,25). The van der Waals surface area contributed by atoms with E-state index in [1.807, 2.05) is 32.0 Å². The van der Waals surface area contributed by atoms with Crippen LogP contribution in [-0.4, -0.2) is 39.7 Å². The Morgan fingerprint density at radius 2 is 1.54 bits per heavy atom. The maximum atomic E-state index is 12.6. The van der Waals surface area contributed by atoms with Gasteiger partial charge in [0.1, 0.15) is 6.54 Å². The van der Waals surface area contributed by atoms with Crippen molar-refractivity contribution in [3.8, 4) is 17.2 Å². The molecule has 0 fully saturated rings. The molecule has 0 unspecified atom stereocenters. The van der Waals surface area contributed by atoms with Crippen molar-refractivity contribution >= 4 is 23.2 Å². The van der Waals surface area contributed by atoms with Crippen LogP contribution < -0.4 is 24.4 Å². The molecule has 0 saturated carbocycles. The second-order valence-electron chi connectivity index (χ2n) is 6.34. The molecule has 7 heteroatoms. The predicted molar refractivity (Wildman–Crippen MR) is 109 cm³/mol. The topological polar surface area (TPSA) is 77.1 Å². The zero-order valence-corrected chi connectivity index (χ0v) is 17.1. The van der Waals surface area contributed by atoms with Crippen molar-refractivity contribution in [2.24, 2.45) is 0 Å². The number of benzene rings is 2. The molecule has 28 heavy (non-hydrogen) atoms. The Balaban J connectivity index is 2.23. The molecule has 2 amide bonds. The van der Waals surface area contributed by atoms with Crippen molar-refractivity contribution < 1.29 is 23.8 Å². The second kappa shape index (κ2) is 9.12. The van der Waals surface area contributed by atoms with Gasteiger partial charge in [-0.05, 0) is 37.1 Å². The number of aryl methyl sites for hydroxylation is 2. The van der Waals surface area contributed by atoms with Crippen molar-refractivity contribution in [2.45, 2.75) is 20.8 Å². The number of nitrogens with zero attached hydrogens (tertiary/aromatic N) is 1. The minimum Gasteiger partial charge on any atom is -0.493 e. The third-order valence-electron chi connectivity index (χ3n) is 4.43. The number of carbonyl (C=O) groups is 2. The lowest BCUT2D eigenvalue weighted by Crippen LogP contribution is -2.36. The lowest BCUT2D eigenvalue weighted by Gasteiger charge is -2.22. The van der Waals surface area contributed by atoms with Crippen LogP contribution in [0.25, 0.3) is 0 Å². The zero-order valence-electron chi connectivity index (χ0n) is 17.1. The van der Waals surface area contributed by atoms with Crippen LogP contribution >= 0.6 is 0 Å². The van der Waals surface area contributed by atoms with Crippen LogP contribution in [0.15, 0.2) is 30.3 Å². The molecular formula is C21H26N2O5. The molecule has 2 aromatic carbocycles. The van der Waals surface area contributed by atoms with Crippen molar-refractivity contribution in [1.29, 1.82) is 0 Å². The summed E-state index contributed by atoms with van der Waals surface area (Å²) in [5.41, 5.74) is 3.32. The van der Waals surface area contributed by atoms with Crippen LogP contribution in [0.1, 0.15) is 18.1 Å². The maximum Gasteiger partial charge on any atom is 0.244 e. The molecular weight excluding hydrogens is 360 g/mol. The van der Waals surface area contributed by atoms with E-state index >= 15 is 0 Å². The van der Waals surface area contributed by atoms with Crippen molar-refractivity contribution in [1.82, 2.24) is 0 Å². The highest BCUT2D eigenvalue weighted by Gasteiger charge is 2.18. The largest absolute Gasteiger partial charge is 0.493 e. The van der Waals surface area contributed by atoms with Gasteiger partial charge < -0.3 is 24.4 Å². The Morgan fingerprint density at radius 3 is 2.00 bits per heavy atom. The highest BCUT2D eigenvalue weighted by atomic mass is 16.5. The Hall–Kier alpha value is -3.22. The van der Waals surface area contributed by atoms with Crippen LogP contribution in [0.5, 0.6) is 17.2 Å². The van der Waals surface area contributed by atoms with Gasteiger partial charge in [-0.15, -0.1) is 0 Å². The number of amides is 2. The molecule has 0 atom stereocenters. The number of rotatable bonds is 7. The van der Waals surface area contributed by atoms with E-state index in [2.05, 4.69) is 5.32 Å². The molecule has 0 heterocycles. The second-order valence-corrected chi connectivity index (χ2v) is 6.34. The minimum absolute atomic E-state index is 0.117. The van der Waals surface area contributed by atoms with Gasteiger partial charge >= 0.3 is 0 Å². The monoisotopic (exact) mass is 386 g/mol. The van der Waals surface area contributed by atoms with E-state index in [4.69, 9.17) is 14.2 Å². The zero-order chi connectivity index (χ0) is 20.8. The Kier molecular flexibility index (Phi) is 6.87. The lowest BCUT2D eigenvalue weighted by atomic mass is 10.1. The first-order valence-electron chi connectivity index (χ1n) is 8.76. The fourth-order valence-electron chi connectivity index (χ4n) is 2.78. The molecule has 2 rings (SSSR count). The highest BCUT2D eigenvalue weighted by Crippen LogP contribution is 2.39. The number of methoxy groups -OCH3 is 3. The number of hydrogen-bond donors (Lipinski definition) is 1. The molecule has 0 bridgehead atoms. The first-order chi connectivity index (χ1) is 13.3. The van der Waals surface area contributed by atoms with E-state index < -0.39 is 0 Å². The molecule has 0 aliphatic carbocycles. The summed E-state index contributed by atoms with van der Waals surface area (Å²) in [6.45, 7) is 5.28. The number of anilines is 2. The van der Waals surface area contributed by atoms with E-state index in [1.165, 1.54) is 33.2 Å². The number of carbonyl (C=O) groups excluding carboxylic acids is 2. The van der Waals surface area contributed by atoms with Crippen LogP contribution in [0.4, 0.5) is 11.4 Å². The normalized spacial score (nSPS) is 10.2. The van der Waals surface area contributed by atoms with Gasteiger partial charge in [0, 0.05) is 30.4 Å². The fraction of sp³-hybridized carbons (Fsp3) is 0.333. The van der Waals surface area contributed by atoms with Gasteiger partial charge in [0.2, 0.25) is 17.6 Å². The molecule has 0 spiro atoms. The average molecular weight is 386 g/mol. The van der Waals surface area contributed by atoms with Crippen LogP contribution in [-0.2, 0) is 9.59 Å². The summed E-state index contributed by atoms with van der Waals surface area (Å²) in [6, 6.07) is 8.92. The predicted octanol–water partition coefficient (Wildman–Crippen LogP) is 3.32. The molecule has 0 saturated heterocycles. The van der Waals surface area contributed by atoms with Gasteiger partial charge in [-0.3, -0.25) is 9.59 Å². The molecule has 0 aliphatic heterocycles. The summed E-state index contributed by atoms with van der Waals surface area (Å²) in [6.07, 6.45) is 0. The van der Waals surface area contributed by atoms with E-state index in [1.54, 1.807) is 12.1 Å². The first kappa shape index (κ1) is 21.1. The average Bonchev–Trinajstić information content (AvgIpc) is 2.67. The van der Waals surface area contributed by atoms with Crippen LogP contribution in [0.3, 0.4) is 0 Å². The van der Waals surface area contributed by atoms with Gasteiger partial charge in [-0.2, -0.15) is 0 Å². The van der Waals surface area contributed by atoms with Crippen molar-refractivity contribution in [3.05, 3.63) is 41.5 Å². The summed E-state index contributed by atoms with van der Waals surface area (Å²) in [5, 5.41) is 2.78. The van der Waals surface area contributed by atoms with Gasteiger partial charge in [-0.25, -0.2) is 0 Å². The molecule has 2 aromatic rings. The number of hydrogen-bond acceptors (Lipinski definition) is 5. The minimum atomic E-state index is -0.345. The van der Waals surface area contributed by atoms with Crippen LogP contribution in [0.2, 0.25) is 0 Å². The highest BCUT2D eigenvalue weighted by molar-refractivity contribution is 6.02. The summed E-state index contributed by atoms with van der Waals surface area (Å²) in [5.74, 6) is 0.721. The third-order valence-corrected chi connectivity index (χ3v) is 4.43. The first-order valence-corrected chi connectivity index (χ1v) is 8.76. The maximum absolute atomic E-state index is 12.6. The van der Waals surface area contributed by atoms with Gasteiger partial charge in [-0.1, -0.05) is 6.07 Å². The summed E-state index contributed by atoms with van der Waals surface area (Å²) >= 11 is 0. The summed E-state index contributed by atoms with van der Waals surface area (Å²) in [7, 11) is 4.51. The van der Waals surface area contributed by atoms with E-state index in [0.29, 0.717) is 28.6 Å². The SMILES string of the molecule is COc1cc(NC(=O)CN(C(C)=O)c2ccc(C)c(C)c2)cc(OC)c1OC. The quantitative estimate of drug-likeness (QED) is 0.790.